The Labute approximate surface area is 222 Å². The van der Waals surface area contributed by atoms with Crippen molar-refractivity contribution < 1.29 is 23.0 Å². The largest absolute Gasteiger partial charge is 0.493 e. The van der Waals surface area contributed by atoms with Crippen molar-refractivity contribution in [2.45, 2.75) is 58.4 Å². The Bertz CT molecular complexity index is 1210. The maximum Gasteiger partial charge on any atom is 0.324 e. The minimum Gasteiger partial charge on any atom is -0.493 e. The lowest BCUT2D eigenvalue weighted by Crippen LogP contribution is -2.34. The molecule has 9 nitrogen and oxygen atoms in total. The summed E-state index contributed by atoms with van der Waals surface area (Å²) in [6.45, 7) is 6.92. The third-order valence-corrected chi connectivity index (χ3v) is 7.78. The molecular weight excluding hydrogens is 489 g/mol. The van der Waals surface area contributed by atoms with Crippen molar-refractivity contribution in [3.8, 4) is 5.75 Å². The summed E-state index contributed by atoms with van der Waals surface area (Å²) < 4.78 is 30.8. The summed E-state index contributed by atoms with van der Waals surface area (Å²) in [4.78, 5) is 20.7. The van der Waals surface area contributed by atoms with Crippen LogP contribution in [0.4, 0.5) is 10.4 Å². The van der Waals surface area contributed by atoms with Crippen LogP contribution in [0.3, 0.4) is 0 Å². The topological polar surface area (TPSA) is 97.7 Å². The summed E-state index contributed by atoms with van der Waals surface area (Å²) in [5.41, 5.74) is 1.00. The van der Waals surface area contributed by atoms with Crippen LogP contribution in [0, 0.1) is 23.6 Å². The van der Waals surface area contributed by atoms with E-state index >= 15 is 0 Å². The smallest absolute Gasteiger partial charge is 0.324 e. The molecule has 1 amide bonds. The Morgan fingerprint density at radius 1 is 1.24 bits per heavy atom. The molecule has 1 aliphatic carbocycles. The van der Waals surface area contributed by atoms with Gasteiger partial charge in [0, 0.05) is 38.2 Å². The summed E-state index contributed by atoms with van der Waals surface area (Å²) in [5, 5.41) is 7.88. The molecule has 3 heterocycles. The number of ether oxygens (including phenoxy) is 1. The molecule has 0 spiro atoms. The van der Waals surface area contributed by atoms with Crippen molar-refractivity contribution in [3.63, 3.8) is 0 Å². The van der Waals surface area contributed by atoms with Crippen molar-refractivity contribution in [2.75, 3.05) is 31.6 Å². The van der Waals surface area contributed by atoms with E-state index < -0.39 is 5.82 Å². The molecule has 1 aliphatic heterocycles. The molecule has 2 atom stereocenters. The Balaban J connectivity index is 1.01. The molecule has 1 saturated heterocycles. The summed E-state index contributed by atoms with van der Waals surface area (Å²) in [5.74, 6) is 3.05. The van der Waals surface area contributed by atoms with E-state index in [-0.39, 0.29) is 18.2 Å². The lowest BCUT2D eigenvalue weighted by atomic mass is 9.90. The number of nitrogens with zero attached hydrogens (tertiary/aromatic N) is 5. The molecule has 0 bridgehead atoms. The van der Waals surface area contributed by atoms with E-state index in [1.54, 1.807) is 25.2 Å². The highest BCUT2D eigenvalue weighted by Gasteiger charge is 2.43. The number of hydrogen-bond acceptors (Lipinski definition) is 8. The minimum absolute atomic E-state index is 0.0194. The number of halogens is 1. The van der Waals surface area contributed by atoms with Gasteiger partial charge in [-0.15, -0.1) is 0 Å². The highest BCUT2D eigenvalue weighted by molar-refractivity contribution is 5.78. The molecule has 3 aromatic rings. The molecule has 38 heavy (non-hydrogen) atoms. The molecule has 2 fully saturated rings. The van der Waals surface area contributed by atoms with Crippen molar-refractivity contribution >= 4 is 11.9 Å². The van der Waals surface area contributed by atoms with Gasteiger partial charge in [-0.3, -0.25) is 4.79 Å². The summed E-state index contributed by atoms with van der Waals surface area (Å²) in [7, 11) is 1.66. The molecule has 0 radical (unpaired) electrons. The Morgan fingerprint density at radius 3 is 2.74 bits per heavy atom. The van der Waals surface area contributed by atoms with E-state index in [9.17, 15) is 9.18 Å². The van der Waals surface area contributed by atoms with Crippen molar-refractivity contribution in [3.05, 3.63) is 53.4 Å². The van der Waals surface area contributed by atoms with E-state index in [0.29, 0.717) is 42.1 Å². The van der Waals surface area contributed by atoms with Gasteiger partial charge in [-0.2, -0.15) is 4.98 Å². The second-order valence-electron chi connectivity index (χ2n) is 10.9. The lowest BCUT2D eigenvalue weighted by molar-refractivity contribution is -0.129. The maximum atomic E-state index is 14.7. The zero-order chi connectivity index (χ0) is 26.6. The van der Waals surface area contributed by atoms with Crippen LogP contribution in [0.25, 0.3) is 0 Å². The number of likely N-dealkylation sites (N-methyl/N-ethyl adjacent to an activating group) is 1. The third kappa shape index (κ3) is 6.34. The molecule has 2 aliphatic rings. The van der Waals surface area contributed by atoms with E-state index in [1.165, 1.54) is 23.7 Å². The highest BCUT2D eigenvalue weighted by Crippen LogP contribution is 2.50. The van der Waals surface area contributed by atoms with Crippen molar-refractivity contribution in [1.29, 1.82) is 0 Å². The molecule has 5 rings (SSSR count). The van der Waals surface area contributed by atoms with Gasteiger partial charge in [-0.05, 0) is 55.1 Å². The second kappa shape index (κ2) is 11.5. The standard InChI is InChI=1S/C28H36FN5O4/c1-18(2)27-30-28(38-32-27)34-10-6-19(7-11-34)24-14-20(24)8-12-36-23-5-4-21(25(29)16-23)15-26(35)33(3)17-22-9-13-37-31-22/h4-5,9,13,16,18-20,24H,6-8,10-12,14-15,17H2,1-3H3/t20-,24-/m1/s1. The number of hydrogen-bond donors (Lipinski definition) is 0. The molecule has 1 aromatic carbocycles. The quantitative estimate of drug-likeness (QED) is 0.351. The summed E-state index contributed by atoms with van der Waals surface area (Å²) in [6.07, 6.45) is 5.93. The number of piperidine rings is 1. The monoisotopic (exact) mass is 525 g/mol. The van der Waals surface area contributed by atoms with Crippen LogP contribution in [-0.2, 0) is 17.8 Å². The Morgan fingerprint density at radius 2 is 2.05 bits per heavy atom. The lowest BCUT2D eigenvalue weighted by Gasteiger charge is -2.30. The van der Waals surface area contributed by atoms with Crippen LogP contribution in [0.15, 0.2) is 39.6 Å². The summed E-state index contributed by atoms with van der Waals surface area (Å²) in [6, 6.07) is 7.10. The first kappa shape index (κ1) is 26.2. The van der Waals surface area contributed by atoms with Crippen molar-refractivity contribution in [1.82, 2.24) is 20.2 Å². The molecule has 10 heteroatoms. The average molecular weight is 526 g/mol. The van der Waals surface area contributed by atoms with Gasteiger partial charge in [0.05, 0.1) is 19.6 Å². The predicted octanol–water partition coefficient (Wildman–Crippen LogP) is 4.84. The van der Waals surface area contributed by atoms with E-state index in [4.69, 9.17) is 13.8 Å². The van der Waals surface area contributed by atoms with Gasteiger partial charge in [-0.1, -0.05) is 30.2 Å². The van der Waals surface area contributed by atoms with Gasteiger partial charge in [0.2, 0.25) is 5.91 Å². The molecule has 0 unspecified atom stereocenters. The van der Waals surface area contributed by atoms with E-state index in [0.717, 1.165) is 50.0 Å². The second-order valence-corrected chi connectivity index (χ2v) is 10.9. The predicted molar refractivity (Wildman–Crippen MR) is 138 cm³/mol. The third-order valence-electron chi connectivity index (χ3n) is 7.78. The molecule has 2 aromatic heterocycles. The van der Waals surface area contributed by atoms with E-state index in [2.05, 4.69) is 34.0 Å². The van der Waals surface area contributed by atoms with Gasteiger partial charge in [0.15, 0.2) is 5.82 Å². The van der Waals surface area contributed by atoms with Crippen LogP contribution in [0.2, 0.25) is 0 Å². The van der Waals surface area contributed by atoms with Gasteiger partial charge < -0.3 is 23.6 Å². The fourth-order valence-electron chi connectivity index (χ4n) is 5.33. The minimum atomic E-state index is -0.427. The van der Waals surface area contributed by atoms with Crippen molar-refractivity contribution in [2.24, 2.45) is 17.8 Å². The fourth-order valence-corrected chi connectivity index (χ4v) is 5.33. The number of amides is 1. The first-order valence-corrected chi connectivity index (χ1v) is 13.5. The van der Waals surface area contributed by atoms with Gasteiger partial charge >= 0.3 is 6.01 Å². The van der Waals surface area contributed by atoms with Gasteiger partial charge in [0.25, 0.3) is 0 Å². The fraction of sp³-hybridized carbons (Fsp3) is 0.571. The van der Waals surface area contributed by atoms with Gasteiger partial charge in [0.1, 0.15) is 23.5 Å². The number of rotatable bonds is 11. The molecule has 204 valence electrons. The normalized spacial score (nSPS) is 19.7. The number of carbonyl (C=O) groups excluding carboxylic acids is 1. The first-order chi connectivity index (χ1) is 18.4. The Kier molecular flexibility index (Phi) is 7.95. The van der Waals surface area contributed by atoms with Gasteiger partial charge in [-0.25, -0.2) is 4.39 Å². The zero-order valence-electron chi connectivity index (χ0n) is 22.3. The number of anilines is 1. The van der Waals surface area contributed by atoms with Crippen LogP contribution in [0.1, 0.15) is 62.5 Å². The molecule has 1 saturated carbocycles. The zero-order valence-corrected chi connectivity index (χ0v) is 22.3. The maximum absolute atomic E-state index is 14.7. The summed E-state index contributed by atoms with van der Waals surface area (Å²) >= 11 is 0. The van der Waals surface area contributed by atoms with Crippen LogP contribution in [0.5, 0.6) is 5.75 Å². The SMILES string of the molecule is CC(C)c1noc(N2CCC([C@H]3C[C@H]3CCOc3ccc(CC(=O)N(C)Cc4ccon4)c(F)c3)CC2)n1. The number of benzene rings is 1. The first-order valence-electron chi connectivity index (χ1n) is 13.5. The van der Waals surface area contributed by atoms with Crippen LogP contribution in [-0.4, -0.2) is 52.8 Å². The molecule has 0 N–H and O–H groups in total. The average Bonchev–Trinajstić information content (AvgIpc) is 3.26. The molecular formula is C28H36FN5O4. The highest BCUT2D eigenvalue weighted by atomic mass is 19.1. The van der Waals surface area contributed by atoms with Crippen LogP contribution >= 0.6 is 0 Å². The number of aromatic nitrogens is 3. The van der Waals surface area contributed by atoms with Crippen LogP contribution < -0.4 is 9.64 Å². The number of carbonyl (C=O) groups is 1. The van der Waals surface area contributed by atoms with E-state index in [1.807, 2.05) is 0 Å². The Hall–Kier alpha value is -3.43.